The van der Waals surface area contributed by atoms with Crippen LogP contribution in [0.4, 0.5) is 0 Å². The van der Waals surface area contributed by atoms with E-state index >= 15 is 0 Å². The summed E-state index contributed by atoms with van der Waals surface area (Å²) in [5.41, 5.74) is 0.718. The highest BCUT2D eigenvalue weighted by Gasteiger charge is 2.02. The summed E-state index contributed by atoms with van der Waals surface area (Å²) in [7, 11) is 1.55. The van der Waals surface area contributed by atoms with Crippen molar-refractivity contribution in [3.8, 4) is 0 Å². The van der Waals surface area contributed by atoms with Crippen LogP contribution in [0.25, 0.3) is 0 Å². The van der Waals surface area contributed by atoms with E-state index in [2.05, 4.69) is 0 Å². The quantitative estimate of drug-likeness (QED) is 0.602. The van der Waals surface area contributed by atoms with Crippen molar-refractivity contribution in [2.45, 2.75) is 20.0 Å². The molecule has 0 heterocycles. The Kier molecular flexibility index (Phi) is 3.72. The summed E-state index contributed by atoms with van der Waals surface area (Å²) in [6.45, 7) is 3.52. The predicted octanol–water partition coefficient (Wildman–Crippen LogP) is 1.05. The molecule has 0 saturated carbocycles. The average Bonchev–Trinajstić information content (AvgIpc) is 1.85. The van der Waals surface area contributed by atoms with Crippen LogP contribution in [0, 0.1) is 0 Å². The smallest absolute Gasteiger partial charge is 0.328 e. The first-order valence-electron chi connectivity index (χ1n) is 3.02. The lowest BCUT2D eigenvalue weighted by Gasteiger charge is -2.07. The largest absolute Gasteiger partial charge is 0.478 e. The van der Waals surface area contributed by atoms with Crippen molar-refractivity contribution < 1.29 is 14.6 Å². The minimum absolute atomic E-state index is 0.115. The molecule has 1 unspecified atom stereocenters. The van der Waals surface area contributed by atoms with Gasteiger partial charge in [-0.15, -0.1) is 0 Å². The Morgan fingerprint density at radius 2 is 2.20 bits per heavy atom. The van der Waals surface area contributed by atoms with Crippen LogP contribution in [0.15, 0.2) is 11.6 Å². The number of methoxy groups -OCH3 is 1. The van der Waals surface area contributed by atoms with Crippen molar-refractivity contribution in [1.29, 1.82) is 0 Å². The van der Waals surface area contributed by atoms with E-state index in [1.807, 2.05) is 0 Å². The molecule has 0 rings (SSSR count). The van der Waals surface area contributed by atoms with Crippen LogP contribution in [0.5, 0.6) is 0 Å². The Morgan fingerprint density at radius 1 is 1.70 bits per heavy atom. The first-order valence-corrected chi connectivity index (χ1v) is 3.02. The Hall–Kier alpha value is -0.830. The third-order valence-corrected chi connectivity index (χ3v) is 1.35. The van der Waals surface area contributed by atoms with E-state index in [0.717, 1.165) is 11.6 Å². The molecule has 0 aromatic rings. The minimum Gasteiger partial charge on any atom is -0.478 e. The van der Waals surface area contributed by atoms with E-state index in [-0.39, 0.29) is 6.10 Å². The van der Waals surface area contributed by atoms with Gasteiger partial charge in [-0.3, -0.25) is 0 Å². The highest BCUT2D eigenvalue weighted by Crippen LogP contribution is 2.02. The summed E-state index contributed by atoms with van der Waals surface area (Å²) in [6, 6.07) is 0. The lowest BCUT2D eigenvalue weighted by molar-refractivity contribution is -0.131. The summed E-state index contributed by atoms with van der Waals surface area (Å²) in [6.07, 6.45) is 1.03. The van der Waals surface area contributed by atoms with Crippen LogP contribution in [0.1, 0.15) is 13.8 Å². The molecule has 0 spiro atoms. The topological polar surface area (TPSA) is 46.5 Å². The summed E-state index contributed by atoms with van der Waals surface area (Å²) < 4.78 is 4.88. The zero-order valence-electron chi connectivity index (χ0n) is 6.42. The van der Waals surface area contributed by atoms with Crippen LogP contribution in [-0.2, 0) is 9.53 Å². The maximum Gasteiger partial charge on any atom is 0.328 e. The molecule has 1 N–H and O–H groups in total. The molecule has 0 aliphatic rings. The number of rotatable bonds is 3. The number of hydrogen-bond donors (Lipinski definition) is 1. The minimum atomic E-state index is -0.929. The van der Waals surface area contributed by atoms with Crippen LogP contribution >= 0.6 is 0 Å². The second-order valence-corrected chi connectivity index (χ2v) is 2.10. The van der Waals surface area contributed by atoms with Gasteiger partial charge in [0.1, 0.15) is 0 Å². The highest BCUT2D eigenvalue weighted by atomic mass is 16.5. The lowest BCUT2D eigenvalue weighted by atomic mass is 10.2. The SMILES string of the molecule is COC(C)/C(C)=C/C(=O)O. The second kappa shape index (κ2) is 4.06. The van der Waals surface area contributed by atoms with Gasteiger partial charge in [0.25, 0.3) is 0 Å². The van der Waals surface area contributed by atoms with Crippen LogP contribution in [0.3, 0.4) is 0 Å². The van der Waals surface area contributed by atoms with E-state index in [1.54, 1.807) is 21.0 Å². The standard InChI is InChI=1S/C7H12O3/c1-5(4-7(8)9)6(2)10-3/h4,6H,1-3H3,(H,8,9)/b5-4+. The summed E-state index contributed by atoms with van der Waals surface area (Å²) in [5, 5.41) is 8.30. The fourth-order valence-electron chi connectivity index (χ4n) is 0.498. The molecular formula is C7H12O3. The molecule has 10 heavy (non-hydrogen) atoms. The summed E-state index contributed by atoms with van der Waals surface area (Å²) in [4.78, 5) is 10.1. The third kappa shape index (κ3) is 3.25. The maximum atomic E-state index is 10.1. The molecule has 0 saturated heterocycles. The van der Waals surface area contributed by atoms with Crippen LogP contribution < -0.4 is 0 Å². The normalized spacial score (nSPS) is 14.9. The van der Waals surface area contributed by atoms with Gasteiger partial charge in [-0.05, 0) is 19.4 Å². The fourth-order valence-corrected chi connectivity index (χ4v) is 0.498. The Labute approximate surface area is 60.3 Å². The lowest BCUT2D eigenvalue weighted by Crippen LogP contribution is -2.07. The first kappa shape index (κ1) is 9.17. The molecule has 3 heteroatoms. The van der Waals surface area contributed by atoms with E-state index in [9.17, 15) is 4.79 Å². The Morgan fingerprint density at radius 3 is 2.50 bits per heavy atom. The highest BCUT2D eigenvalue weighted by molar-refractivity contribution is 5.80. The molecule has 0 aliphatic heterocycles. The van der Waals surface area contributed by atoms with E-state index in [1.165, 1.54) is 0 Å². The van der Waals surface area contributed by atoms with Gasteiger partial charge < -0.3 is 9.84 Å². The van der Waals surface area contributed by atoms with E-state index < -0.39 is 5.97 Å². The Balaban J connectivity index is 4.04. The molecule has 0 fully saturated rings. The number of hydrogen-bond acceptors (Lipinski definition) is 2. The number of carboxylic acid groups (broad SMARTS) is 1. The number of carbonyl (C=O) groups is 1. The average molecular weight is 144 g/mol. The molecule has 0 aliphatic carbocycles. The molecule has 0 radical (unpaired) electrons. The molecular weight excluding hydrogens is 132 g/mol. The van der Waals surface area contributed by atoms with Gasteiger partial charge in [-0.2, -0.15) is 0 Å². The van der Waals surface area contributed by atoms with Crippen molar-refractivity contribution in [2.75, 3.05) is 7.11 Å². The molecule has 0 bridgehead atoms. The van der Waals surface area contributed by atoms with Crippen molar-refractivity contribution in [3.63, 3.8) is 0 Å². The third-order valence-electron chi connectivity index (χ3n) is 1.35. The molecule has 1 atom stereocenters. The van der Waals surface area contributed by atoms with Crippen LogP contribution in [0.2, 0.25) is 0 Å². The maximum absolute atomic E-state index is 10.1. The molecule has 0 amide bonds. The molecule has 58 valence electrons. The molecule has 3 nitrogen and oxygen atoms in total. The predicted molar refractivity (Wildman–Crippen MR) is 37.9 cm³/mol. The first-order chi connectivity index (χ1) is 4.57. The number of ether oxygens (including phenoxy) is 1. The van der Waals surface area contributed by atoms with Gasteiger partial charge in [0, 0.05) is 13.2 Å². The monoisotopic (exact) mass is 144 g/mol. The number of aliphatic carboxylic acids is 1. The fraction of sp³-hybridized carbons (Fsp3) is 0.571. The van der Waals surface area contributed by atoms with Gasteiger partial charge in [0.15, 0.2) is 0 Å². The summed E-state index contributed by atoms with van der Waals surface area (Å²) in [5.74, 6) is -0.929. The van der Waals surface area contributed by atoms with E-state index in [0.29, 0.717) is 0 Å². The Bertz CT molecular complexity index is 149. The van der Waals surface area contributed by atoms with Gasteiger partial charge in [-0.25, -0.2) is 4.79 Å². The van der Waals surface area contributed by atoms with Crippen molar-refractivity contribution >= 4 is 5.97 Å². The van der Waals surface area contributed by atoms with Crippen LogP contribution in [-0.4, -0.2) is 24.3 Å². The van der Waals surface area contributed by atoms with Crippen molar-refractivity contribution in [3.05, 3.63) is 11.6 Å². The number of carboxylic acids is 1. The second-order valence-electron chi connectivity index (χ2n) is 2.10. The van der Waals surface area contributed by atoms with Gasteiger partial charge >= 0.3 is 5.97 Å². The van der Waals surface area contributed by atoms with E-state index in [4.69, 9.17) is 9.84 Å². The van der Waals surface area contributed by atoms with Gasteiger partial charge in [-0.1, -0.05) is 0 Å². The zero-order chi connectivity index (χ0) is 8.15. The zero-order valence-corrected chi connectivity index (χ0v) is 6.42. The molecule has 0 aromatic carbocycles. The molecule has 0 aromatic heterocycles. The van der Waals surface area contributed by atoms with Gasteiger partial charge in [0.2, 0.25) is 0 Å². The van der Waals surface area contributed by atoms with Gasteiger partial charge in [0.05, 0.1) is 6.10 Å². The summed E-state index contributed by atoms with van der Waals surface area (Å²) >= 11 is 0. The van der Waals surface area contributed by atoms with Crippen molar-refractivity contribution in [1.82, 2.24) is 0 Å². The van der Waals surface area contributed by atoms with Crippen molar-refractivity contribution in [2.24, 2.45) is 0 Å².